The highest BCUT2D eigenvalue weighted by molar-refractivity contribution is 6.01. The molecule has 1 aliphatic rings. The Bertz CT molecular complexity index is 709. The second kappa shape index (κ2) is 4.70. The summed E-state index contributed by atoms with van der Waals surface area (Å²) >= 11 is 0. The molecule has 0 saturated carbocycles. The van der Waals surface area contributed by atoms with Crippen LogP contribution in [0.3, 0.4) is 0 Å². The number of phenols is 3. The average Bonchev–Trinajstić information content (AvgIpc) is 2.44. The van der Waals surface area contributed by atoms with Gasteiger partial charge in [-0.05, 0) is 24.1 Å². The number of hydrogen-bond donors (Lipinski definition) is 3. The highest BCUT2D eigenvalue weighted by Crippen LogP contribution is 2.41. The van der Waals surface area contributed by atoms with Crippen LogP contribution in [0, 0.1) is 0 Å². The second-order valence-corrected chi connectivity index (χ2v) is 5.21. The quantitative estimate of drug-likeness (QED) is 0.749. The van der Waals surface area contributed by atoms with Gasteiger partial charge in [0.05, 0.1) is 11.6 Å². The number of carbonyl (C=O) groups is 1. The summed E-state index contributed by atoms with van der Waals surface area (Å²) in [5.74, 6) is -0.484. The lowest BCUT2D eigenvalue weighted by Gasteiger charge is -2.32. The average molecular weight is 285 g/mol. The van der Waals surface area contributed by atoms with E-state index in [9.17, 15) is 20.1 Å². The van der Waals surface area contributed by atoms with Gasteiger partial charge in [0.1, 0.15) is 17.2 Å². The summed E-state index contributed by atoms with van der Waals surface area (Å²) in [5, 5.41) is 28.9. The van der Waals surface area contributed by atoms with Crippen molar-refractivity contribution in [1.82, 2.24) is 0 Å². The first-order valence-corrected chi connectivity index (χ1v) is 6.58. The molecule has 0 aliphatic carbocycles. The molecule has 21 heavy (non-hydrogen) atoms. The van der Waals surface area contributed by atoms with Crippen molar-refractivity contribution in [1.29, 1.82) is 0 Å². The van der Waals surface area contributed by atoms with Crippen LogP contribution in [0.2, 0.25) is 0 Å². The second-order valence-electron chi connectivity index (χ2n) is 5.21. The maximum atomic E-state index is 12.5. The Labute approximate surface area is 121 Å². The van der Waals surface area contributed by atoms with Crippen LogP contribution in [-0.2, 0) is 11.2 Å². The van der Waals surface area contributed by atoms with E-state index in [4.69, 9.17) is 0 Å². The molecule has 3 rings (SSSR count). The molecule has 0 saturated heterocycles. The maximum Gasteiger partial charge on any atom is 0.234 e. The number of benzene rings is 2. The number of nitrogens with zero attached hydrogens (tertiary/aromatic N) is 1. The van der Waals surface area contributed by atoms with Crippen LogP contribution < -0.4 is 4.90 Å². The molecule has 3 N–H and O–H groups in total. The third kappa shape index (κ3) is 2.16. The zero-order valence-electron chi connectivity index (χ0n) is 11.4. The molecule has 2 aromatic rings. The molecule has 2 aromatic carbocycles. The van der Waals surface area contributed by atoms with Gasteiger partial charge in [0.25, 0.3) is 0 Å². The van der Waals surface area contributed by atoms with E-state index >= 15 is 0 Å². The Balaban J connectivity index is 2.07. The van der Waals surface area contributed by atoms with Crippen LogP contribution in [0.15, 0.2) is 36.4 Å². The molecule has 0 aromatic heterocycles. The van der Waals surface area contributed by atoms with Gasteiger partial charge in [-0.2, -0.15) is 0 Å². The van der Waals surface area contributed by atoms with Gasteiger partial charge in [-0.3, -0.25) is 4.79 Å². The molecule has 1 heterocycles. The Hall–Kier alpha value is -2.69. The normalized spacial score (nSPS) is 17.7. The molecule has 1 aliphatic heterocycles. The van der Waals surface area contributed by atoms with Crippen molar-refractivity contribution < 1.29 is 20.1 Å². The minimum absolute atomic E-state index is 0.0203. The fourth-order valence-corrected chi connectivity index (χ4v) is 2.75. The lowest BCUT2D eigenvalue weighted by molar-refractivity contribution is -0.120. The highest BCUT2D eigenvalue weighted by atomic mass is 16.3. The third-order valence-corrected chi connectivity index (χ3v) is 3.88. The van der Waals surface area contributed by atoms with Gasteiger partial charge in [0.15, 0.2) is 0 Å². The van der Waals surface area contributed by atoms with Gasteiger partial charge >= 0.3 is 0 Å². The van der Waals surface area contributed by atoms with Gasteiger partial charge in [-0.25, -0.2) is 0 Å². The Morgan fingerprint density at radius 1 is 1.05 bits per heavy atom. The molecule has 5 nitrogen and oxygen atoms in total. The Morgan fingerprint density at radius 3 is 2.38 bits per heavy atom. The fraction of sp³-hybridized carbons (Fsp3) is 0.188. The number of amides is 1. The van der Waals surface area contributed by atoms with Gasteiger partial charge in [0.2, 0.25) is 5.91 Å². The molecule has 0 radical (unpaired) electrons. The minimum atomic E-state index is -0.418. The van der Waals surface area contributed by atoms with Crippen LogP contribution in [0.25, 0.3) is 0 Å². The van der Waals surface area contributed by atoms with Crippen LogP contribution in [-0.4, -0.2) is 28.3 Å². The number of anilines is 1. The molecular weight excluding hydrogens is 270 g/mol. The van der Waals surface area contributed by atoms with Crippen molar-refractivity contribution in [3.63, 3.8) is 0 Å². The van der Waals surface area contributed by atoms with Crippen molar-refractivity contribution in [2.24, 2.45) is 0 Å². The van der Waals surface area contributed by atoms with Crippen molar-refractivity contribution in [2.75, 3.05) is 11.9 Å². The van der Waals surface area contributed by atoms with Crippen LogP contribution in [0.4, 0.5) is 5.69 Å². The largest absolute Gasteiger partial charge is 0.508 e. The topological polar surface area (TPSA) is 81.0 Å². The predicted octanol–water partition coefficient (Wildman–Crippen LogP) is 2.11. The van der Waals surface area contributed by atoms with Crippen molar-refractivity contribution >= 4 is 11.6 Å². The van der Waals surface area contributed by atoms with Crippen LogP contribution in [0.1, 0.15) is 17.0 Å². The van der Waals surface area contributed by atoms with E-state index in [2.05, 4.69) is 0 Å². The molecule has 0 fully saturated rings. The number of fused-ring (bicyclic) bond motifs is 1. The predicted molar refractivity (Wildman–Crippen MR) is 77.7 cm³/mol. The first-order chi connectivity index (χ1) is 9.97. The minimum Gasteiger partial charge on any atom is -0.508 e. The zero-order chi connectivity index (χ0) is 15.1. The van der Waals surface area contributed by atoms with Crippen LogP contribution in [0.5, 0.6) is 17.2 Å². The first kappa shape index (κ1) is 13.3. The smallest absolute Gasteiger partial charge is 0.234 e. The van der Waals surface area contributed by atoms with Gasteiger partial charge in [-0.1, -0.05) is 12.1 Å². The summed E-state index contributed by atoms with van der Waals surface area (Å²) in [4.78, 5) is 13.9. The van der Waals surface area contributed by atoms with E-state index in [0.29, 0.717) is 17.7 Å². The summed E-state index contributed by atoms with van der Waals surface area (Å²) in [6.45, 7) is 0. The fourth-order valence-electron chi connectivity index (χ4n) is 2.75. The third-order valence-electron chi connectivity index (χ3n) is 3.88. The van der Waals surface area contributed by atoms with E-state index < -0.39 is 5.92 Å². The highest BCUT2D eigenvalue weighted by Gasteiger charge is 2.33. The molecule has 0 bridgehead atoms. The standard InChI is InChI=1S/C16H15NO4/c1-17-14-6-11(19)7-15(20)13(14)8-12(16(17)21)9-2-4-10(18)5-3-9/h2-7,12,18-20H,8H2,1H3. The molecule has 1 unspecified atom stereocenters. The van der Waals surface area contributed by atoms with E-state index in [1.165, 1.54) is 29.2 Å². The maximum absolute atomic E-state index is 12.5. The van der Waals surface area contributed by atoms with Crippen molar-refractivity contribution in [3.8, 4) is 17.2 Å². The summed E-state index contributed by atoms with van der Waals surface area (Å²) in [6, 6.07) is 9.22. The number of hydrogen-bond acceptors (Lipinski definition) is 4. The molecule has 1 amide bonds. The Kier molecular flexibility index (Phi) is 2.97. The number of carbonyl (C=O) groups excluding carboxylic acids is 1. The van der Waals surface area contributed by atoms with Gasteiger partial charge in [-0.15, -0.1) is 0 Å². The zero-order valence-corrected chi connectivity index (χ0v) is 11.4. The van der Waals surface area contributed by atoms with Crippen molar-refractivity contribution in [3.05, 3.63) is 47.5 Å². The number of phenolic OH excluding ortho intramolecular Hbond substituents is 3. The number of likely N-dealkylation sites (N-methyl/N-ethyl adjacent to an activating group) is 1. The molecule has 0 spiro atoms. The SMILES string of the molecule is CN1C(=O)C(c2ccc(O)cc2)Cc2c(O)cc(O)cc21. The number of aromatic hydroxyl groups is 3. The van der Waals surface area contributed by atoms with E-state index in [1.807, 2.05) is 0 Å². The monoisotopic (exact) mass is 285 g/mol. The summed E-state index contributed by atoms with van der Waals surface area (Å²) in [7, 11) is 1.62. The summed E-state index contributed by atoms with van der Waals surface area (Å²) in [6.07, 6.45) is 0.357. The van der Waals surface area contributed by atoms with E-state index in [-0.39, 0.29) is 23.2 Å². The summed E-state index contributed by atoms with van der Waals surface area (Å²) in [5.41, 5.74) is 1.93. The Morgan fingerprint density at radius 2 is 1.71 bits per heavy atom. The van der Waals surface area contributed by atoms with Gasteiger partial charge < -0.3 is 20.2 Å². The van der Waals surface area contributed by atoms with Gasteiger partial charge in [0, 0.05) is 24.7 Å². The van der Waals surface area contributed by atoms with E-state index in [1.54, 1.807) is 19.2 Å². The lowest BCUT2D eigenvalue weighted by Crippen LogP contribution is -2.37. The lowest BCUT2D eigenvalue weighted by atomic mass is 9.86. The molecule has 1 atom stereocenters. The molecule has 108 valence electrons. The van der Waals surface area contributed by atoms with Crippen molar-refractivity contribution in [2.45, 2.75) is 12.3 Å². The first-order valence-electron chi connectivity index (χ1n) is 6.58. The van der Waals surface area contributed by atoms with E-state index in [0.717, 1.165) is 5.56 Å². The molecule has 5 heteroatoms. The summed E-state index contributed by atoms with van der Waals surface area (Å²) < 4.78 is 0. The van der Waals surface area contributed by atoms with Crippen LogP contribution >= 0.6 is 0 Å². The molecular formula is C16H15NO4. The number of rotatable bonds is 1.